The van der Waals surface area contributed by atoms with Crippen LogP contribution in [0.15, 0.2) is 18.2 Å². The molecule has 0 spiro atoms. The number of halogens is 2. The smallest absolute Gasteiger partial charge is 0.130 e. The highest BCUT2D eigenvalue weighted by molar-refractivity contribution is 5.22. The van der Waals surface area contributed by atoms with Gasteiger partial charge in [-0.1, -0.05) is 6.07 Å². The van der Waals surface area contributed by atoms with E-state index >= 15 is 0 Å². The van der Waals surface area contributed by atoms with Gasteiger partial charge in [-0.2, -0.15) is 0 Å². The molecule has 1 atom stereocenters. The molecule has 0 aromatic heterocycles. The first kappa shape index (κ1) is 14.1. The van der Waals surface area contributed by atoms with Gasteiger partial charge in [0.1, 0.15) is 11.6 Å². The van der Waals surface area contributed by atoms with E-state index in [2.05, 4.69) is 5.32 Å². The maximum absolute atomic E-state index is 13.6. The van der Waals surface area contributed by atoms with Crippen LogP contribution in [0.5, 0.6) is 0 Å². The zero-order valence-electron chi connectivity index (χ0n) is 10.5. The summed E-state index contributed by atoms with van der Waals surface area (Å²) in [5.74, 6) is -1.08. The molecule has 0 saturated carbocycles. The van der Waals surface area contributed by atoms with Gasteiger partial charge < -0.3 is 10.1 Å². The maximum Gasteiger partial charge on any atom is 0.130 e. The van der Waals surface area contributed by atoms with Crippen LogP contribution in [-0.2, 0) is 4.74 Å². The minimum Gasteiger partial charge on any atom is -0.379 e. The summed E-state index contributed by atoms with van der Waals surface area (Å²) in [5, 5.41) is 3.01. The SMILES string of the molecule is CNC(CCOC(C)C)c1ccc(F)cc1F. The molecule has 0 aliphatic rings. The van der Waals surface area contributed by atoms with Crippen LogP contribution in [0.4, 0.5) is 8.78 Å². The van der Waals surface area contributed by atoms with Crippen LogP contribution in [0.2, 0.25) is 0 Å². The van der Waals surface area contributed by atoms with Gasteiger partial charge in [-0.15, -0.1) is 0 Å². The van der Waals surface area contributed by atoms with E-state index < -0.39 is 11.6 Å². The highest BCUT2D eigenvalue weighted by Gasteiger charge is 2.14. The van der Waals surface area contributed by atoms with Crippen molar-refractivity contribution >= 4 is 0 Å². The molecule has 1 rings (SSSR count). The van der Waals surface area contributed by atoms with E-state index in [9.17, 15) is 8.78 Å². The van der Waals surface area contributed by atoms with Gasteiger partial charge in [0.25, 0.3) is 0 Å². The van der Waals surface area contributed by atoms with Crippen molar-refractivity contribution in [3.63, 3.8) is 0 Å². The second-order valence-electron chi connectivity index (χ2n) is 4.22. The minimum absolute atomic E-state index is 0.158. The minimum atomic E-state index is -0.556. The molecule has 2 nitrogen and oxygen atoms in total. The quantitative estimate of drug-likeness (QED) is 0.829. The number of nitrogens with one attached hydrogen (secondary N) is 1. The first-order chi connectivity index (χ1) is 8.04. The number of hydrogen-bond acceptors (Lipinski definition) is 2. The molecule has 0 amide bonds. The average molecular weight is 243 g/mol. The van der Waals surface area contributed by atoms with Gasteiger partial charge in [0, 0.05) is 24.3 Å². The molecule has 1 aromatic rings. The van der Waals surface area contributed by atoms with Gasteiger partial charge in [-0.25, -0.2) is 8.78 Å². The van der Waals surface area contributed by atoms with Crippen LogP contribution in [0.1, 0.15) is 31.9 Å². The Labute approximate surface area is 101 Å². The summed E-state index contributed by atoms with van der Waals surface area (Å²) in [6.45, 7) is 4.44. The van der Waals surface area contributed by atoms with Gasteiger partial charge in [0.05, 0.1) is 6.10 Å². The Balaban J connectivity index is 2.66. The van der Waals surface area contributed by atoms with Crippen LogP contribution in [0, 0.1) is 11.6 Å². The summed E-state index contributed by atoms with van der Waals surface area (Å²) >= 11 is 0. The topological polar surface area (TPSA) is 21.3 Å². The third kappa shape index (κ3) is 4.40. The third-order valence-corrected chi connectivity index (χ3v) is 2.54. The predicted molar refractivity (Wildman–Crippen MR) is 63.9 cm³/mol. The summed E-state index contributed by atoms with van der Waals surface area (Å²) in [6, 6.07) is 3.49. The lowest BCUT2D eigenvalue weighted by molar-refractivity contribution is 0.0717. The second-order valence-corrected chi connectivity index (χ2v) is 4.22. The molecule has 0 saturated heterocycles. The van der Waals surface area contributed by atoms with E-state index in [0.29, 0.717) is 18.6 Å². The Morgan fingerprint density at radius 1 is 1.29 bits per heavy atom. The van der Waals surface area contributed by atoms with E-state index in [1.54, 1.807) is 7.05 Å². The lowest BCUT2D eigenvalue weighted by Gasteiger charge is -2.18. The van der Waals surface area contributed by atoms with E-state index in [1.165, 1.54) is 12.1 Å². The molecule has 96 valence electrons. The Morgan fingerprint density at radius 3 is 2.53 bits per heavy atom. The molecule has 1 aromatic carbocycles. The lowest BCUT2D eigenvalue weighted by Crippen LogP contribution is -2.20. The van der Waals surface area contributed by atoms with Crippen LogP contribution in [0.3, 0.4) is 0 Å². The van der Waals surface area contributed by atoms with Gasteiger partial charge >= 0.3 is 0 Å². The number of hydrogen-bond donors (Lipinski definition) is 1. The van der Waals surface area contributed by atoms with Gasteiger partial charge in [-0.3, -0.25) is 0 Å². The summed E-state index contributed by atoms with van der Waals surface area (Å²) in [4.78, 5) is 0. The van der Waals surface area contributed by atoms with Crippen molar-refractivity contribution in [2.75, 3.05) is 13.7 Å². The molecule has 1 unspecified atom stereocenters. The van der Waals surface area contributed by atoms with Crippen LogP contribution in [0.25, 0.3) is 0 Å². The van der Waals surface area contributed by atoms with Crippen molar-refractivity contribution in [3.8, 4) is 0 Å². The molecular formula is C13H19F2NO. The number of rotatable bonds is 6. The zero-order chi connectivity index (χ0) is 12.8. The molecule has 17 heavy (non-hydrogen) atoms. The van der Waals surface area contributed by atoms with Crippen LogP contribution >= 0.6 is 0 Å². The molecule has 0 heterocycles. The van der Waals surface area contributed by atoms with Crippen LogP contribution < -0.4 is 5.32 Å². The number of ether oxygens (including phenoxy) is 1. The third-order valence-electron chi connectivity index (χ3n) is 2.54. The summed E-state index contributed by atoms with van der Waals surface area (Å²) in [6.07, 6.45) is 0.808. The summed E-state index contributed by atoms with van der Waals surface area (Å²) in [5.41, 5.74) is 0.473. The highest BCUT2D eigenvalue weighted by Crippen LogP contribution is 2.20. The molecule has 0 fully saturated rings. The molecule has 4 heteroatoms. The molecule has 0 radical (unpaired) electrons. The Morgan fingerprint density at radius 2 is 2.00 bits per heavy atom. The lowest BCUT2D eigenvalue weighted by atomic mass is 10.0. The second kappa shape index (κ2) is 6.67. The standard InChI is InChI=1S/C13H19F2NO/c1-9(2)17-7-6-13(16-3)11-5-4-10(14)8-12(11)15/h4-5,8-9,13,16H,6-7H2,1-3H3. The Kier molecular flexibility index (Phi) is 5.51. The fraction of sp³-hybridized carbons (Fsp3) is 0.538. The van der Waals surface area contributed by atoms with Crippen molar-refractivity contribution in [1.29, 1.82) is 0 Å². The fourth-order valence-corrected chi connectivity index (χ4v) is 1.66. The van der Waals surface area contributed by atoms with Gasteiger partial charge in [0.15, 0.2) is 0 Å². The van der Waals surface area contributed by atoms with Gasteiger partial charge in [0.2, 0.25) is 0 Å². The van der Waals surface area contributed by atoms with Crippen molar-refractivity contribution < 1.29 is 13.5 Å². The van der Waals surface area contributed by atoms with E-state index in [1.807, 2.05) is 13.8 Å². The Hall–Kier alpha value is -1.00. The van der Waals surface area contributed by atoms with E-state index in [4.69, 9.17) is 4.74 Å². The summed E-state index contributed by atoms with van der Waals surface area (Å²) < 4.78 is 31.8. The molecule has 1 N–H and O–H groups in total. The zero-order valence-corrected chi connectivity index (χ0v) is 10.5. The van der Waals surface area contributed by atoms with Gasteiger partial charge in [-0.05, 0) is 33.4 Å². The average Bonchev–Trinajstić information content (AvgIpc) is 2.25. The van der Waals surface area contributed by atoms with E-state index in [0.717, 1.165) is 6.07 Å². The first-order valence-electron chi connectivity index (χ1n) is 5.78. The Bertz CT molecular complexity index is 355. The van der Waals surface area contributed by atoms with Crippen molar-refractivity contribution in [3.05, 3.63) is 35.4 Å². The monoisotopic (exact) mass is 243 g/mol. The van der Waals surface area contributed by atoms with Crippen molar-refractivity contribution in [1.82, 2.24) is 5.32 Å². The van der Waals surface area contributed by atoms with Crippen molar-refractivity contribution in [2.45, 2.75) is 32.4 Å². The predicted octanol–water partition coefficient (Wildman–Crippen LogP) is 3.04. The van der Waals surface area contributed by atoms with E-state index in [-0.39, 0.29) is 12.1 Å². The van der Waals surface area contributed by atoms with Crippen LogP contribution in [-0.4, -0.2) is 19.8 Å². The normalized spacial score (nSPS) is 13.1. The molecule has 0 aliphatic heterocycles. The molecule has 0 bridgehead atoms. The first-order valence-corrected chi connectivity index (χ1v) is 5.78. The fourth-order valence-electron chi connectivity index (χ4n) is 1.66. The maximum atomic E-state index is 13.6. The molecular weight excluding hydrogens is 224 g/mol. The number of benzene rings is 1. The highest BCUT2D eigenvalue weighted by atomic mass is 19.1. The molecule has 0 aliphatic carbocycles. The van der Waals surface area contributed by atoms with Crippen molar-refractivity contribution in [2.24, 2.45) is 0 Å². The largest absolute Gasteiger partial charge is 0.379 e. The summed E-state index contributed by atoms with van der Waals surface area (Å²) in [7, 11) is 1.75.